The molecule has 0 radical (unpaired) electrons. The predicted octanol–water partition coefficient (Wildman–Crippen LogP) is 2.40. The lowest BCUT2D eigenvalue weighted by atomic mass is 9.89. The fourth-order valence-electron chi connectivity index (χ4n) is 2.82. The van der Waals surface area contributed by atoms with Gasteiger partial charge in [0.1, 0.15) is 11.3 Å². The van der Waals surface area contributed by atoms with Gasteiger partial charge in [-0.1, -0.05) is 16.8 Å². The number of piperidine rings is 1. The number of hydrogen-bond donors (Lipinski definition) is 1. The van der Waals surface area contributed by atoms with Gasteiger partial charge in [-0.2, -0.15) is 0 Å². The number of β-amino-alcohol motifs (C(OH)–C–C–N with tert-alkyl or cyclic N) is 1. The molecular weight excluding hydrogens is 302 g/mol. The maximum Gasteiger partial charge on any atom is 0.127 e. The minimum absolute atomic E-state index is 0.221. The van der Waals surface area contributed by atoms with Gasteiger partial charge in [0.05, 0.1) is 23.5 Å². The number of aromatic nitrogens is 4. The average molecular weight is 322 g/mol. The second kappa shape index (κ2) is 5.85. The molecule has 22 heavy (non-hydrogen) atoms. The highest BCUT2D eigenvalue weighted by Crippen LogP contribution is 2.35. The summed E-state index contributed by atoms with van der Waals surface area (Å²) in [5.41, 5.74) is 0.514. The molecule has 1 aliphatic heterocycles. The van der Waals surface area contributed by atoms with Crippen LogP contribution in [0.5, 0.6) is 0 Å². The van der Waals surface area contributed by atoms with E-state index in [0.717, 1.165) is 18.7 Å². The van der Waals surface area contributed by atoms with Crippen molar-refractivity contribution in [1.82, 2.24) is 20.0 Å². The first-order valence-corrected chi connectivity index (χ1v) is 7.86. The van der Waals surface area contributed by atoms with E-state index < -0.39 is 5.60 Å². The quantitative estimate of drug-likeness (QED) is 0.940. The Hall–Kier alpha value is -1.66. The molecule has 6 nitrogen and oxygen atoms in total. The Labute approximate surface area is 134 Å². The van der Waals surface area contributed by atoms with Crippen molar-refractivity contribution >= 4 is 17.3 Å². The molecule has 2 aromatic rings. The van der Waals surface area contributed by atoms with E-state index in [1.54, 1.807) is 17.1 Å². The second-order valence-electron chi connectivity index (χ2n) is 6.06. The number of anilines is 1. The predicted molar refractivity (Wildman–Crippen MR) is 85.0 cm³/mol. The number of nitrogens with zero attached hydrogens (tertiary/aromatic N) is 5. The number of aliphatic hydroxyl groups is 1. The first-order chi connectivity index (χ1) is 10.5. The molecule has 1 N–H and O–H groups in total. The van der Waals surface area contributed by atoms with Crippen LogP contribution in [0.3, 0.4) is 0 Å². The molecule has 0 aromatic carbocycles. The standard InChI is InChI=1S/C15H20ClN5O/c1-11(2)21-9-14(18-19-21)15(22)5-3-7-20(10-15)13-4-6-17-8-12(13)16/h4,6,8-9,11,22H,3,5,7,10H2,1-2H3/t15-/m1/s1. The Balaban J connectivity index is 1.86. The van der Waals surface area contributed by atoms with Crippen LogP contribution in [0, 0.1) is 0 Å². The van der Waals surface area contributed by atoms with Crippen molar-refractivity contribution in [1.29, 1.82) is 0 Å². The van der Waals surface area contributed by atoms with E-state index in [2.05, 4.69) is 20.2 Å². The fraction of sp³-hybridized carbons (Fsp3) is 0.533. The van der Waals surface area contributed by atoms with E-state index in [1.165, 1.54) is 0 Å². The van der Waals surface area contributed by atoms with Crippen LogP contribution in [0.15, 0.2) is 24.7 Å². The lowest BCUT2D eigenvalue weighted by Gasteiger charge is -2.39. The van der Waals surface area contributed by atoms with Crippen LogP contribution in [0.2, 0.25) is 5.02 Å². The van der Waals surface area contributed by atoms with Crippen LogP contribution in [-0.2, 0) is 5.60 Å². The summed E-state index contributed by atoms with van der Waals surface area (Å²) in [6.07, 6.45) is 6.71. The van der Waals surface area contributed by atoms with Gasteiger partial charge in [0.15, 0.2) is 0 Å². The first-order valence-electron chi connectivity index (χ1n) is 7.49. The monoisotopic (exact) mass is 321 g/mol. The molecule has 1 fully saturated rings. The summed E-state index contributed by atoms with van der Waals surface area (Å²) in [5.74, 6) is 0. The normalized spacial score (nSPS) is 22.3. The average Bonchev–Trinajstić information content (AvgIpc) is 2.98. The van der Waals surface area contributed by atoms with E-state index in [4.69, 9.17) is 11.6 Å². The lowest BCUT2D eigenvalue weighted by Crippen LogP contribution is -2.46. The Morgan fingerprint density at radius 2 is 2.23 bits per heavy atom. The molecule has 0 saturated carbocycles. The molecule has 7 heteroatoms. The molecular formula is C15H20ClN5O. The molecule has 3 rings (SSSR count). The Bertz CT molecular complexity index is 659. The largest absolute Gasteiger partial charge is 0.382 e. The van der Waals surface area contributed by atoms with Gasteiger partial charge in [-0.05, 0) is 32.8 Å². The highest BCUT2D eigenvalue weighted by atomic mass is 35.5. The van der Waals surface area contributed by atoms with Gasteiger partial charge < -0.3 is 10.0 Å². The second-order valence-corrected chi connectivity index (χ2v) is 6.47. The van der Waals surface area contributed by atoms with Crippen LogP contribution in [0.4, 0.5) is 5.69 Å². The van der Waals surface area contributed by atoms with Gasteiger partial charge >= 0.3 is 0 Å². The lowest BCUT2D eigenvalue weighted by molar-refractivity contribution is 0.0176. The molecule has 1 saturated heterocycles. The summed E-state index contributed by atoms with van der Waals surface area (Å²) in [4.78, 5) is 6.10. The van der Waals surface area contributed by atoms with Crippen molar-refractivity contribution in [2.75, 3.05) is 18.0 Å². The first kappa shape index (κ1) is 15.2. The fourth-order valence-corrected chi connectivity index (χ4v) is 3.06. The van der Waals surface area contributed by atoms with Crippen molar-refractivity contribution in [3.63, 3.8) is 0 Å². The van der Waals surface area contributed by atoms with E-state index in [1.807, 2.05) is 26.1 Å². The molecule has 0 aliphatic carbocycles. The van der Waals surface area contributed by atoms with Gasteiger partial charge in [-0.25, -0.2) is 4.68 Å². The summed E-state index contributed by atoms with van der Waals surface area (Å²) >= 11 is 6.22. The maximum atomic E-state index is 11.0. The van der Waals surface area contributed by atoms with Gasteiger partial charge in [0.2, 0.25) is 0 Å². The van der Waals surface area contributed by atoms with Crippen LogP contribution in [-0.4, -0.2) is 38.2 Å². The van der Waals surface area contributed by atoms with Gasteiger partial charge in [0, 0.05) is 25.0 Å². The SMILES string of the molecule is CC(C)n1cc([C@@]2(O)CCCN(c3ccncc3Cl)C2)nn1. The van der Waals surface area contributed by atoms with Crippen molar-refractivity contribution in [2.45, 2.75) is 38.3 Å². The van der Waals surface area contributed by atoms with E-state index in [-0.39, 0.29) is 6.04 Å². The third-order valence-corrected chi connectivity index (χ3v) is 4.37. The molecule has 0 unspecified atom stereocenters. The van der Waals surface area contributed by atoms with Crippen LogP contribution in [0.25, 0.3) is 0 Å². The molecule has 0 amide bonds. The van der Waals surface area contributed by atoms with Crippen molar-refractivity contribution in [2.24, 2.45) is 0 Å². The molecule has 1 aliphatic rings. The molecule has 1 atom stereocenters. The third kappa shape index (κ3) is 2.80. The zero-order valence-electron chi connectivity index (χ0n) is 12.8. The number of hydrogen-bond acceptors (Lipinski definition) is 5. The Morgan fingerprint density at radius 1 is 1.41 bits per heavy atom. The van der Waals surface area contributed by atoms with E-state index in [9.17, 15) is 5.11 Å². The van der Waals surface area contributed by atoms with Crippen molar-refractivity contribution in [3.05, 3.63) is 35.4 Å². The van der Waals surface area contributed by atoms with Gasteiger partial charge in [-0.15, -0.1) is 5.10 Å². The van der Waals surface area contributed by atoms with Gasteiger partial charge in [0.25, 0.3) is 0 Å². The topological polar surface area (TPSA) is 67.1 Å². The minimum Gasteiger partial charge on any atom is -0.382 e. The summed E-state index contributed by atoms with van der Waals surface area (Å²) in [6.45, 7) is 5.37. The Kier molecular flexibility index (Phi) is 4.06. The van der Waals surface area contributed by atoms with Crippen LogP contribution < -0.4 is 4.90 Å². The number of halogens is 1. The molecule has 3 heterocycles. The molecule has 2 aromatic heterocycles. The molecule has 0 bridgehead atoms. The van der Waals surface area contributed by atoms with E-state index >= 15 is 0 Å². The van der Waals surface area contributed by atoms with Crippen LogP contribution in [0.1, 0.15) is 38.4 Å². The smallest absolute Gasteiger partial charge is 0.127 e. The minimum atomic E-state index is -1.00. The third-order valence-electron chi connectivity index (χ3n) is 4.08. The zero-order valence-corrected chi connectivity index (χ0v) is 13.5. The summed E-state index contributed by atoms with van der Waals surface area (Å²) < 4.78 is 1.77. The van der Waals surface area contributed by atoms with Crippen molar-refractivity contribution in [3.8, 4) is 0 Å². The Morgan fingerprint density at radius 3 is 2.91 bits per heavy atom. The summed E-state index contributed by atoms with van der Waals surface area (Å²) in [7, 11) is 0. The zero-order chi connectivity index (χ0) is 15.7. The summed E-state index contributed by atoms with van der Waals surface area (Å²) in [5, 5.41) is 19.9. The van der Waals surface area contributed by atoms with Gasteiger partial charge in [-0.3, -0.25) is 4.98 Å². The number of rotatable bonds is 3. The molecule has 118 valence electrons. The maximum absolute atomic E-state index is 11.0. The highest BCUT2D eigenvalue weighted by molar-refractivity contribution is 6.33. The summed E-state index contributed by atoms with van der Waals surface area (Å²) in [6, 6.07) is 2.10. The molecule has 0 spiro atoms. The van der Waals surface area contributed by atoms with Crippen molar-refractivity contribution < 1.29 is 5.11 Å². The van der Waals surface area contributed by atoms with E-state index in [0.29, 0.717) is 23.7 Å². The highest BCUT2D eigenvalue weighted by Gasteiger charge is 2.38. The van der Waals surface area contributed by atoms with Crippen LogP contribution >= 0.6 is 11.6 Å². The number of pyridine rings is 1.